The third-order valence-electron chi connectivity index (χ3n) is 10.2. The normalized spacial score (nSPS) is 38.4. The molecule has 6 fully saturated rings. The summed E-state index contributed by atoms with van der Waals surface area (Å²) in [5.41, 5.74) is -0.721. The van der Waals surface area contributed by atoms with Crippen LogP contribution >= 0.6 is 0 Å². The van der Waals surface area contributed by atoms with E-state index in [4.69, 9.17) is 14.5 Å². The first-order valence-electron chi connectivity index (χ1n) is 15.5. The van der Waals surface area contributed by atoms with Gasteiger partial charge in [0.1, 0.15) is 0 Å². The van der Waals surface area contributed by atoms with E-state index in [2.05, 4.69) is 12.2 Å². The lowest BCUT2D eigenvalue weighted by Crippen LogP contribution is -2.75. The Bertz CT molecular complexity index is 938. The molecule has 3 unspecified atom stereocenters. The number of piperidine rings is 1. The number of hydrogen-bond acceptors (Lipinski definition) is 6. The van der Waals surface area contributed by atoms with E-state index in [-0.39, 0.29) is 66.9 Å². The maximum atomic E-state index is 13.8. The first-order valence-corrected chi connectivity index (χ1v) is 15.5. The lowest BCUT2D eigenvalue weighted by Gasteiger charge is -2.61. The molecular formula is C30H49N3O6. The quantitative estimate of drug-likeness (QED) is 0.462. The van der Waals surface area contributed by atoms with Crippen molar-refractivity contribution in [1.29, 1.82) is 0 Å². The highest BCUT2D eigenvalue weighted by molar-refractivity contribution is 5.86. The average Bonchev–Trinajstić information content (AvgIpc) is 3.13. The van der Waals surface area contributed by atoms with Crippen molar-refractivity contribution in [3.8, 4) is 0 Å². The van der Waals surface area contributed by atoms with Crippen molar-refractivity contribution in [2.45, 2.75) is 122 Å². The molecule has 9 heteroatoms. The molecule has 4 heterocycles. The Hall–Kier alpha value is -1.71. The number of fused-ring (bicyclic) bond motifs is 2. The van der Waals surface area contributed by atoms with Gasteiger partial charge in [-0.25, -0.2) is 9.78 Å². The van der Waals surface area contributed by atoms with Gasteiger partial charge in [-0.2, -0.15) is 0 Å². The Labute approximate surface area is 233 Å². The monoisotopic (exact) mass is 547 g/mol. The van der Waals surface area contributed by atoms with Crippen LogP contribution in [0.25, 0.3) is 0 Å². The zero-order chi connectivity index (χ0) is 27.9. The van der Waals surface area contributed by atoms with E-state index in [1.54, 1.807) is 9.80 Å². The summed E-state index contributed by atoms with van der Waals surface area (Å²) >= 11 is 0. The van der Waals surface area contributed by atoms with E-state index in [0.717, 1.165) is 44.9 Å². The molecular weight excluding hydrogens is 498 g/mol. The molecule has 6 rings (SSSR count). The number of hydrogen-bond donors (Lipinski definition) is 1. The molecule has 0 aromatic heterocycles. The maximum absolute atomic E-state index is 13.8. The van der Waals surface area contributed by atoms with Gasteiger partial charge in [0.05, 0.1) is 6.54 Å². The van der Waals surface area contributed by atoms with Gasteiger partial charge < -0.3 is 19.9 Å². The Morgan fingerprint density at radius 2 is 1.79 bits per heavy atom. The van der Waals surface area contributed by atoms with E-state index in [1.165, 1.54) is 6.42 Å². The highest BCUT2D eigenvalue weighted by atomic mass is 17.3. The lowest BCUT2D eigenvalue weighted by atomic mass is 9.57. The number of ether oxygens (including phenoxy) is 1. The van der Waals surface area contributed by atoms with Crippen LogP contribution in [0, 0.1) is 29.6 Å². The summed E-state index contributed by atoms with van der Waals surface area (Å²) in [5, 5.41) is 3.14. The molecule has 39 heavy (non-hydrogen) atoms. The second kappa shape index (κ2) is 11.3. The predicted molar refractivity (Wildman–Crippen MR) is 145 cm³/mol. The van der Waals surface area contributed by atoms with Crippen LogP contribution < -0.4 is 5.32 Å². The number of likely N-dealkylation sites (tertiary alicyclic amines) is 1. The maximum Gasteiger partial charge on any atom is 0.239 e. The minimum Gasteiger partial charge on any atom is -0.352 e. The van der Waals surface area contributed by atoms with Crippen molar-refractivity contribution in [3.05, 3.63) is 0 Å². The highest BCUT2D eigenvalue weighted by Gasteiger charge is 2.70. The molecule has 7 atom stereocenters. The predicted octanol–water partition coefficient (Wildman–Crippen LogP) is 4.00. The number of nitrogens with zero attached hydrogens (tertiary/aromatic N) is 2. The van der Waals surface area contributed by atoms with E-state index in [9.17, 15) is 14.4 Å². The number of nitrogens with one attached hydrogen (secondary N) is 1. The van der Waals surface area contributed by atoms with Gasteiger partial charge in [-0.15, -0.1) is 0 Å². The fraction of sp³-hybridized carbons (Fsp3) is 0.900. The summed E-state index contributed by atoms with van der Waals surface area (Å²) in [6, 6.07) is 0.208. The third kappa shape index (κ3) is 5.47. The molecule has 2 saturated carbocycles. The lowest BCUT2D eigenvalue weighted by molar-refractivity contribution is -0.547. The fourth-order valence-corrected chi connectivity index (χ4v) is 8.14. The summed E-state index contributed by atoms with van der Waals surface area (Å²) < 4.78 is 6.58. The van der Waals surface area contributed by atoms with Gasteiger partial charge >= 0.3 is 0 Å². The van der Waals surface area contributed by atoms with Gasteiger partial charge in [0.2, 0.25) is 23.5 Å². The standard InChI is InChI=1S/C30H49N3O6/c1-19(2)17-32(18-25(34)31-22-9-7-6-8-10-22)26(35)14-16-33-27(36)21(4)24-12-11-20(3)23-13-15-29(5)37-28(33)30(23,24)39-38-29/h19-24,28H,6-18H2,1-5H3,(H,31,34)/t20-,21+,23?,24?,28?,29-,30+/m0/s1. The van der Waals surface area contributed by atoms with Crippen molar-refractivity contribution in [3.63, 3.8) is 0 Å². The van der Waals surface area contributed by atoms with Crippen LogP contribution in [0.4, 0.5) is 0 Å². The minimum atomic E-state index is -0.915. The summed E-state index contributed by atoms with van der Waals surface area (Å²) in [6.07, 6.45) is 8.67. The molecule has 4 aliphatic heterocycles. The molecule has 220 valence electrons. The summed E-state index contributed by atoms with van der Waals surface area (Å²) in [7, 11) is 0. The van der Waals surface area contributed by atoms with Crippen LogP contribution in [0.1, 0.15) is 98.8 Å². The smallest absolute Gasteiger partial charge is 0.239 e. The Morgan fingerprint density at radius 1 is 1.05 bits per heavy atom. The van der Waals surface area contributed by atoms with Crippen molar-refractivity contribution in [2.24, 2.45) is 29.6 Å². The topological polar surface area (TPSA) is 97.4 Å². The average molecular weight is 548 g/mol. The van der Waals surface area contributed by atoms with Gasteiger partial charge in [-0.05, 0) is 56.8 Å². The molecule has 1 spiro atoms. The second-order valence-electron chi connectivity index (χ2n) is 13.6. The van der Waals surface area contributed by atoms with Crippen molar-refractivity contribution >= 4 is 17.7 Å². The number of rotatable bonds is 8. The van der Waals surface area contributed by atoms with Crippen LogP contribution in [0.2, 0.25) is 0 Å². The van der Waals surface area contributed by atoms with E-state index in [0.29, 0.717) is 18.9 Å². The molecule has 0 aromatic rings. The van der Waals surface area contributed by atoms with Crippen molar-refractivity contribution in [1.82, 2.24) is 15.1 Å². The molecule has 3 amide bonds. The SMILES string of the molecule is CC(C)CN(CC(=O)NC1CCCCC1)C(=O)CCN1C(=O)[C@H](C)C2CC[C@H](C)C3CC[C@]4(C)OO[C@]32C1O4. The van der Waals surface area contributed by atoms with Crippen LogP contribution in [-0.4, -0.2) is 70.8 Å². The van der Waals surface area contributed by atoms with Gasteiger partial charge in [-0.1, -0.05) is 47.0 Å². The zero-order valence-electron chi connectivity index (χ0n) is 24.6. The Morgan fingerprint density at radius 3 is 2.51 bits per heavy atom. The van der Waals surface area contributed by atoms with Crippen LogP contribution in [0.3, 0.4) is 0 Å². The van der Waals surface area contributed by atoms with Crippen LogP contribution in [-0.2, 0) is 28.9 Å². The van der Waals surface area contributed by atoms with Gasteiger partial charge in [-0.3, -0.25) is 14.4 Å². The van der Waals surface area contributed by atoms with E-state index in [1.807, 2.05) is 27.7 Å². The number of amides is 3. The van der Waals surface area contributed by atoms with Crippen molar-refractivity contribution < 1.29 is 28.9 Å². The van der Waals surface area contributed by atoms with Crippen LogP contribution in [0.5, 0.6) is 0 Å². The molecule has 0 radical (unpaired) electrons. The van der Waals surface area contributed by atoms with E-state index < -0.39 is 17.6 Å². The molecule has 9 nitrogen and oxygen atoms in total. The second-order valence-corrected chi connectivity index (χ2v) is 13.6. The minimum absolute atomic E-state index is 0.0157. The zero-order valence-corrected chi connectivity index (χ0v) is 24.6. The Kier molecular flexibility index (Phi) is 8.33. The molecule has 1 N–H and O–H groups in total. The third-order valence-corrected chi connectivity index (χ3v) is 10.2. The largest absolute Gasteiger partial charge is 0.352 e. The van der Waals surface area contributed by atoms with Gasteiger partial charge in [0.15, 0.2) is 11.8 Å². The molecule has 2 aliphatic carbocycles. The van der Waals surface area contributed by atoms with Crippen LogP contribution in [0.15, 0.2) is 0 Å². The molecule has 4 saturated heterocycles. The highest BCUT2D eigenvalue weighted by Crippen LogP contribution is 2.60. The summed E-state index contributed by atoms with van der Waals surface area (Å²) in [4.78, 5) is 55.9. The van der Waals surface area contributed by atoms with E-state index >= 15 is 0 Å². The summed E-state index contributed by atoms with van der Waals surface area (Å²) in [5.74, 6) is -0.446. The van der Waals surface area contributed by atoms with Crippen molar-refractivity contribution in [2.75, 3.05) is 19.6 Å². The van der Waals surface area contributed by atoms with Gasteiger partial charge in [0, 0.05) is 43.8 Å². The fourth-order valence-electron chi connectivity index (χ4n) is 8.14. The number of carbonyl (C=O) groups excluding carboxylic acids is 3. The first kappa shape index (κ1) is 28.8. The molecule has 6 aliphatic rings. The van der Waals surface area contributed by atoms with Gasteiger partial charge in [0.25, 0.3) is 0 Å². The molecule has 0 aromatic carbocycles. The summed E-state index contributed by atoms with van der Waals surface area (Å²) in [6.45, 7) is 11.0. The molecule has 2 bridgehead atoms. The first-order chi connectivity index (χ1) is 18.5. The Balaban J connectivity index is 1.31. The number of carbonyl (C=O) groups is 3.